The maximum absolute atomic E-state index is 12.7. The molecule has 1 N–H and O–H groups in total. The number of nitrogens with one attached hydrogen (secondary N) is 1. The lowest BCUT2D eigenvalue weighted by Crippen LogP contribution is -2.50. The molecule has 1 heterocycles. The summed E-state index contributed by atoms with van der Waals surface area (Å²) in [6, 6.07) is 13.0. The Morgan fingerprint density at radius 2 is 1.78 bits per heavy atom. The number of hydrogen-bond donors (Lipinski definition) is 1. The number of fused-ring (bicyclic) bond motifs is 1. The molecule has 0 aromatic heterocycles. The lowest BCUT2D eigenvalue weighted by atomic mass is 10.1. The molecule has 0 fully saturated rings. The molecule has 2 aromatic rings. The molecule has 0 saturated carbocycles. The summed E-state index contributed by atoms with van der Waals surface area (Å²) in [7, 11) is -3.53. The Balaban J connectivity index is 1.81. The molecule has 0 bridgehead atoms. The molecule has 0 saturated heterocycles. The van der Waals surface area contributed by atoms with Crippen molar-refractivity contribution < 1.29 is 17.9 Å². The predicted octanol–water partition coefficient (Wildman–Crippen LogP) is 2.71. The number of sulfonamides is 1. The number of carbonyl (C=O) groups is 1. The van der Waals surface area contributed by atoms with Crippen molar-refractivity contribution >= 4 is 21.6 Å². The highest BCUT2D eigenvalue weighted by Crippen LogP contribution is 2.35. The third kappa shape index (κ3) is 4.24. The summed E-state index contributed by atoms with van der Waals surface area (Å²) in [4.78, 5) is 12.7. The molecule has 2 aromatic carbocycles. The minimum Gasteiger partial charge on any atom is -0.476 e. The third-order valence-electron chi connectivity index (χ3n) is 4.61. The van der Waals surface area contributed by atoms with Gasteiger partial charge in [0.05, 0.1) is 24.5 Å². The van der Waals surface area contributed by atoms with E-state index in [1.165, 1.54) is 4.31 Å². The summed E-state index contributed by atoms with van der Waals surface area (Å²) in [5.41, 5.74) is 3.50. The monoisotopic (exact) mass is 388 g/mol. The van der Waals surface area contributed by atoms with Gasteiger partial charge >= 0.3 is 0 Å². The van der Waals surface area contributed by atoms with E-state index in [4.69, 9.17) is 4.74 Å². The Hall–Kier alpha value is -2.54. The maximum Gasteiger partial charge on any atom is 0.263 e. The number of aryl methyl sites for hydroxylation is 2. The highest BCUT2D eigenvalue weighted by Gasteiger charge is 2.35. The highest BCUT2D eigenvalue weighted by atomic mass is 32.2. The Morgan fingerprint density at radius 1 is 1.15 bits per heavy atom. The molecule has 0 unspecified atom stereocenters. The first-order valence-electron chi connectivity index (χ1n) is 8.77. The smallest absolute Gasteiger partial charge is 0.263 e. The van der Waals surface area contributed by atoms with Crippen LogP contribution in [-0.4, -0.2) is 33.2 Å². The van der Waals surface area contributed by atoms with Gasteiger partial charge in [0.15, 0.2) is 6.10 Å². The number of rotatable bonds is 4. The molecule has 0 radical (unpaired) electrons. The first kappa shape index (κ1) is 19.2. The zero-order chi connectivity index (χ0) is 19.8. The van der Waals surface area contributed by atoms with Gasteiger partial charge in [-0.15, -0.1) is 0 Å². The van der Waals surface area contributed by atoms with Crippen molar-refractivity contribution in [1.82, 2.24) is 5.32 Å². The minimum absolute atomic E-state index is 0.0538. The van der Waals surface area contributed by atoms with Crippen molar-refractivity contribution in [2.45, 2.75) is 32.9 Å². The van der Waals surface area contributed by atoms with Crippen LogP contribution in [0.4, 0.5) is 5.69 Å². The van der Waals surface area contributed by atoms with Crippen LogP contribution in [0.3, 0.4) is 0 Å². The molecular formula is C20H24N2O4S. The van der Waals surface area contributed by atoms with Crippen LogP contribution in [0.2, 0.25) is 0 Å². The van der Waals surface area contributed by atoms with Gasteiger partial charge in [0.1, 0.15) is 5.75 Å². The number of nitrogens with zero attached hydrogens (tertiary/aromatic N) is 1. The van der Waals surface area contributed by atoms with E-state index in [0.29, 0.717) is 11.4 Å². The van der Waals surface area contributed by atoms with Crippen molar-refractivity contribution in [3.05, 3.63) is 59.2 Å². The summed E-state index contributed by atoms with van der Waals surface area (Å²) in [6.45, 7) is 5.71. The molecule has 27 heavy (non-hydrogen) atoms. The Bertz CT molecular complexity index is 954. The first-order chi connectivity index (χ1) is 12.6. The van der Waals surface area contributed by atoms with Crippen LogP contribution >= 0.6 is 0 Å². The fourth-order valence-corrected chi connectivity index (χ4v) is 3.96. The van der Waals surface area contributed by atoms with Gasteiger partial charge in [-0.3, -0.25) is 9.10 Å². The standard InChI is InChI=1S/C20H24N2O4S/c1-13-5-8-16(9-6-13)15(3)21-20(23)19-12-22(27(4,24)25)17-11-14(2)7-10-18(17)26-19/h5-11,15,19H,12H2,1-4H3,(H,21,23)/t15-,19-/m0/s1. The van der Waals surface area contributed by atoms with Crippen LogP contribution in [0.1, 0.15) is 29.7 Å². The second-order valence-corrected chi connectivity index (χ2v) is 8.92. The SMILES string of the molecule is Cc1ccc([C@H](C)NC(=O)[C@@H]2CN(S(C)(=O)=O)c3cc(C)ccc3O2)cc1. The summed E-state index contributed by atoms with van der Waals surface area (Å²) in [5.74, 6) is 0.0448. The number of ether oxygens (including phenoxy) is 1. The van der Waals surface area contributed by atoms with Crippen molar-refractivity contribution in [3.63, 3.8) is 0 Å². The second kappa shape index (κ2) is 7.23. The number of carbonyl (C=O) groups excluding carboxylic acids is 1. The number of anilines is 1. The van der Waals surface area contributed by atoms with Crippen LogP contribution in [0, 0.1) is 13.8 Å². The van der Waals surface area contributed by atoms with E-state index >= 15 is 0 Å². The summed E-state index contributed by atoms with van der Waals surface area (Å²) in [6.07, 6.45) is 0.219. The fraction of sp³-hybridized carbons (Fsp3) is 0.350. The van der Waals surface area contributed by atoms with E-state index in [-0.39, 0.29) is 18.5 Å². The van der Waals surface area contributed by atoms with Gasteiger partial charge in [0.2, 0.25) is 10.0 Å². The summed E-state index contributed by atoms with van der Waals surface area (Å²) < 4.78 is 31.5. The Kier molecular flexibility index (Phi) is 5.15. The van der Waals surface area contributed by atoms with Crippen molar-refractivity contribution in [1.29, 1.82) is 0 Å². The molecule has 7 heteroatoms. The number of benzene rings is 2. The van der Waals surface area contributed by atoms with Gasteiger partial charge in [-0.1, -0.05) is 35.9 Å². The predicted molar refractivity (Wildman–Crippen MR) is 106 cm³/mol. The van der Waals surface area contributed by atoms with E-state index in [0.717, 1.165) is 22.9 Å². The average molecular weight is 388 g/mol. The second-order valence-electron chi connectivity index (χ2n) is 7.01. The van der Waals surface area contributed by atoms with E-state index < -0.39 is 16.1 Å². The normalized spacial score (nSPS) is 17.6. The zero-order valence-electron chi connectivity index (χ0n) is 15.9. The summed E-state index contributed by atoms with van der Waals surface area (Å²) in [5, 5.41) is 2.91. The summed E-state index contributed by atoms with van der Waals surface area (Å²) >= 11 is 0. The lowest BCUT2D eigenvalue weighted by molar-refractivity contribution is -0.128. The molecule has 1 amide bonds. The van der Waals surface area contributed by atoms with Gasteiger partial charge < -0.3 is 10.1 Å². The molecule has 0 aliphatic carbocycles. The van der Waals surface area contributed by atoms with E-state index in [1.807, 2.05) is 51.1 Å². The van der Waals surface area contributed by atoms with Gasteiger partial charge in [-0.2, -0.15) is 0 Å². The Morgan fingerprint density at radius 3 is 2.41 bits per heavy atom. The fourth-order valence-electron chi connectivity index (χ4n) is 3.06. The van der Waals surface area contributed by atoms with Crippen LogP contribution < -0.4 is 14.4 Å². The third-order valence-corrected chi connectivity index (χ3v) is 5.76. The molecule has 1 aliphatic rings. The average Bonchev–Trinajstić information content (AvgIpc) is 2.60. The molecule has 1 aliphatic heterocycles. The molecular weight excluding hydrogens is 364 g/mol. The highest BCUT2D eigenvalue weighted by molar-refractivity contribution is 7.92. The lowest BCUT2D eigenvalue weighted by Gasteiger charge is -2.34. The van der Waals surface area contributed by atoms with Crippen LogP contribution in [-0.2, 0) is 14.8 Å². The van der Waals surface area contributed by atoms with Crippen molar-refractivity contribution in [2.24, 2.45) is 0 Å². The molecule has 144 valence electrons. The van der Waals surface area contributed by atoms with Gasteiger partial charge in [0.25, 0.3) is 5.91 Å². The molecule has 2 atom stereocenters. The largest absolute Gasteiger partial charge is 0.476 e. The topological polar surface area (TPSA) is 75.7 Å². The Labute approximate surface area is 160 Å². The van der Waals surface area contributed by atoms with Gasteiger partial charge in [0, 0.05) is 0 Å². The van der Waals surface area contributed by atoms with E-state index in [1.54, 1.807) is 12.1 Å². The van der Waals surface area contributed by atoms with Crippen LogP contribution in [0.15, 0.2) is 42.5 Å². The van der Waals surface area contributed by atoms with E-state index in [9.17, 15) is 13.2 Å². The van der Waals surface area contributed by atoms with Crippen LogP contribution in [0.5, 0.6) is 5.75 Å². The number of hydrogen-bond acceptors (Lipinski definition) is 4. The van der Waals surface area contributed by atoms with Gasteiger partial charge in [-0.25, -0.2) is 8.42 Å². The molecule has 0 spiro atoms. The van der Waals surface area contributed by atoms with Crippen molar-refractivity contribution in [3.8, 4) is 5.75 Å². The maximum atomic E-state index is 12.7. The van der Waals surface area contributed by atoms with E-state index in [2.05, 4.69) is 5.32 Å². The zero-order valence-corrected chi connectivity index (χ0v) is 16.7. The van der Waals surface area contributed by atoms with Gasteiger partial charge in [-0.05, 0) is 44.0 Å². The number of amides is 1. The van der Waals surface area contributed by atoms with Crippen molar-refractivity contribution in [2.75, 3.05) is 17.1 Å². The molecule has 3 rings (SSSR count). The quantitative estimate of drug-likeness (QED) is 0.874. The first-order valence-corrected chi connectivity index (χ1v) is 10.6. The van der Waals surface area contributed by atoms with Crippen LogP contribution in [0.25, 0.3) is 0 Å². The minimum atomic E-state index is -3.53. The molecule has 6 nitrogen and oxygen atoms in total.